The van der Waals surface area contributed by atoms with Crippen LogP contribution in [0.25, 0.3) is 0 Å². The van der Waals surface area contributed by atoms with Crippen molar-refractivity contribution in [2.75, 3.05) is 27.3 Å². The molecule has 3 nitrogen and oxygen atoms in total. The second kappa shape index (κ2) is 6.36. The molecular weight excluding hydrogens is 238 g/mol. The Balaban J connectivity index is 2.00. The van der Waals surface area contributed by atoms with E-state index < -0.39 is 0 Å². The summed E-state index contributed by atoms with van der Waals surface area (Å²) in [6, 6.07) is 0. The van der Waals surface area contributed by atoms with Crippen molar-refractivity contribution in [3.63, 3.8) is 0 Å². The maximum atomic E-state index is 12.9. The molecule has 110 valence electrons. The zero-order chi connectivity index (χ0) is 13.9. The summed E-state index contributed by atoms with van der Waals surface area (Å²) in [5.41, 5.74) is -0.176. The summed E-state index contributed by atoms with van der Waals surface area (Å²) in [6.07, 6.45) is 7.36. The maximum Gasteiger partial charge on any atom is 0.153 e. The first-order valence-corrected chi connectivity index (χ1v) is 7.83. The normalized spacial score (nSPS) is 33.6. The van der Waals surface area contributed by atoms with Gasteiger partial charge in [-0.3, -0.25) is 9.69 Å². The third-order valence-corrected chi connectivity index (χ3v) is 5.29. The summed E-state index contributed by atoms with van der Waals surface area (Å²) in [4.78, 5) is 15.0. The van der Waals surface area contributed by atoms with Crippen LogP contribution in [0.15, 0.2) is 0 Å². The smallest absolute Gasteiger partial charge is 0.153 e. The van der Waals surface area contributed by atoms with Crippen LogP contribution in [0.5, 0.6) is 0 Å². The quantitative estimate of drug-likeness (QED) is 0.784. The Kier molecular flexibility index (Phi) is 5.02. The molecular formula is C16H29NO2. The third-order valence-electron chi connectivity index (χ3n) is 5.29. The molecule has 0 unspecified atom stereocenters. The second-order valence-electron chi connectivity index (χ2n) is 6.79. The molecule has 0 N–H and O–H groups in total. The Hall–Kier alpha value is -0.410. The molecule has 1 saturated heterocycles. The van der Waals surface area contributed by atoms with Gasteiger partial charge in [0.05, 0.1) is 5.54 Å². The van der Waals surface area contributed by atoms with Crippen molar-refractivity contribution in [1.82, 2.24) is 4.90 Å². The molecule has 2 rings (SSSR count). The van der Waals surface area contributed by atoms with Crippen molar-refractivity contribution in [3.8, 4) is 0 Å². The van der Waals surface area contributed by atoms with E-state index in [1.165, 1.54) is 12.8 Å². The van der Waals surface area contributed by atoms with Crippen molar-refractivity contribution >= 4 is 5.78 Å². The zero-order valence-corrected chi connectivity index (χ0v) is 12.8. The third kappa shape index (κ3) is 3.38. The largest absolute Gasteiger partial charge is 0.381 e. The minimum absolute atomic E-state index is 0.176. The van der Waals surface area contributed by atoms with Crippen LogP contribution in [-0.2, 0) is 9.53 Å². The number of ether oxygens (including phenoxy) is 1. The van der Waals surface area contributed by atoms with E-state index in [4.69, 9.17) is 4.74 Å². The minimum atomic E-state index is -0.176. The highest BCUT2D eigenvalue weighted by Gasteiger charge is 2.42. The molecule has 0 bridgehead atoms. The highest BCUT2D eigenvalue weighted by Crippen LogP contribution is 2.38. The number of nitrogens with zero attached hydrogens (tertiary/aromatic N) is 1. The lowest BCUT2D eigenvalue weighted by Crippen LogP contribution is -2.53. The van der Waals surface area contributed by atoms with E-state index in [0.717, 1.165) is 51.2 Å². The van der Waals surface area contributed by atoms with E-state index in [1.807, 2.05) is 0 Å². The molecule has 0 spiro atoms. The van der Waals surface area contributed by atoms with E-state index in [9.17, 15) is 4.79 Å². The molecule has 1 aliphatic heterocycles. The first kappa shape index (κ1) is 15.0. The summed E-state index contributed by atoms with van der Waals surface area (Å²) in [7, 11) is 4.16. The average molecular weight is 267 g/mol. The molecule has 0 aromatic rings. The molecule has 0 radical (unpaired) electrons. The van der Waals surface area contributed by atoms with Crippen LogP contribution in [0.1, 0.15) is 51.9 Å². The van der Waals surface area contributed by atoms with Crippen molar-refractivity contribution in [2.24, 2.45) is 11.8 Å². The summed E-state index contributed by atoms with van der Waals surface area (Å²) >= 11 is 0. The lowest BCUT2D eigenvalue weighted by molar-refractivity contribution is -0.134. The van der Waals surface area contributed by atoms with Crippen molar-refractivity contribution < 1.29 is 9.53 Å². The van der Waals surface area contributed by atoms with Gasteiger partial charge in [-0.25, -0.2) is 0 Å². The zero-order valence-electron chi connectivity index (χ0n) is 12.8. The first-order chi connectivity index (χ1) is 9.04. The van der Waals surface area contributed by atoms with Crippen molar-refractivity contribution in [1.29, 1.82) is 0 Å². The fourth-order valence-corrected chi connectivity index (χ4v) is 3.62. The van der Waals surface area contributed by atoms with Crippen LogP contribution in [0, 0.1) is 11.8 Å². The number of carbonyl (C=O) groups is 1. The summed E-state index contributed by atoms with van der Waals surface area (Å²) in [5.74, 6) is 1.82. The van der Waals surface area contributed by atoms with Crippen LogP contribution >= 0.6 is 0 Å². The number of hydrogen-bond donors (Lipinski definition) is 0. The highest BCUT2D eigenvalue weighted by molar-refractivity contribution is 5.88. The van der Waals surface area contributed by atoms with Gasteiger partial charge in [-0.05, 0) is 64.5 Å². The first-order valence-electron chi connectivity index (χ1n) is 7.83. The average Bonchev–Trinajstić information content (AvgIpc) is 2.40. The topological polar surface area (TPSA) is 29.5 Å². The second-order valence-corrected chi connectivity index (χ2v) is 6.79. The van der Waals surface area contributed by atoms with Gasteiger partial charge in [0.15, 0.2) is 5.78 Å². The number of ketones is 1. The van der Waals surface area contributed by atoms with Crippen molar-refractivity contribution in [3.05, 3.63) is 0 Å². The number of likely N-dealkylation sites (N-methyl/N-ethyl adjacent to an activating group) is 1. The lowest BCUT2D eigenvalue weighted by atomic mass is 9.71. The number of rotatable bonds is 4. The van der Waals surface area contributed by atoms with Gasteiger partial charge >= 0.3 is 0 Å². The number of Topliss-reactive ketones (excluding diaryl/α,β-unsaturated/α-hetero) is 1. The van der Waals surface area contributed by atoms with Gasteiger partial charge in [0.2, 0.25) is 0 Å². The SMILES string of the molecule is CC1CCC(C(=O)CC2CCOCC2)(N(C)C)CC1. The molecule has 1 saturated carbocycles. The van der Waals surface area contributed by atoms with E-state index >= 15 is 0 Å². The van der Waals surface area contributed by atoms with Gasteiger partial charge in [-0.15, -0.1) is 0 Å². The van der Waals surface area contributed by atoms with Crippen LogP contribution in [0.4, 0.5) is 0 Å². The summed E-state index contributed by atoms with van der Waals surface area (Å²) < 4.78 is 5.39. The summed E-state index contributed by atoms with van der Waals surface area (Å²) in [6.45, 7) is 3.98. The predicted octanol–water partition coefficient (Wildman–Crippen LogP) is 2.88. The van der Waals surface area contributed by atoms with Crippen LogP contribution in [0.2, 0.25) is 0 Å². The Bertz CT molecular complexity index is 300. The fraction of sp³-hybridized carbons (Fsp3) is 0.938. The van der Waals surface area contributed by atoms with Gasteiger partial charge in [0.1, 0.15) is 0 Å². The highest BCUT2D eigenvalue weighted by atomic mass is 16.5. The van der Waals surface area contributed by atoms with Gasteiger partial charge in [0, 0.05) is 19.6 Å². The predicted molar refractivity (Wildman–Crippen MR) is 77.2 cm³/mol. The van der Waals surface area contributed by atoms with E-state index in [-0.39, 0.29) is 5.54 Å². The minimum Gasteiger partial charge on any atom is -0.381 e. The molecule has 2 aliphatic rings. The van der Waals surface area contributed by atoms with Gasteiger partial charge in [-0.2, -0.15) is 0 Å². The van der Waals surface area contributed by atoms with E-state index in [0.29, 0.717) is 11.7 Å². The fourth-order valence-electron chi connectivity index (χ4n) is 3.62. The number of carbonyl (C=O) groups excluding carboxylic acids is 1. The van der Waals surface area contributed by atoms with Gasteiger partial charge in [-0.1, -0.05) is 6.92 Å². The number of hydrogen-bond acceptors (Lipinski definition) is 3. The van der Waals surface area contributed by atoms with Crippen molar-refractivity contribution in [2.45, 2.75) is 57.4 Å². The molecule has 1 aliphatic carbocycles. The molecule has 3 heteroatoms. The molecule has 19 heavy (non-hydrogen) atoms. The van der Waals surface area contributed by atoms with Crippen LogP contribution < -0.4 is 0 Å². The van der Waals surface area contributed by atoms with Crippen LogP contribution in [0.3, 0.4) is 0 Å². The maximum absolute atomic E-state index is 12.9. The van der Waals surface area contributed by atoms with Gasteiger partial charge in [0.25, 0.3) is 0 Å². The van der Waals surface area contributed by atoms with Gasteiger partial charge < -0.3 is 4.74 Å². The molecule has 2 fully saturated rings. The van der Waals surface area contributed by atoms with E-state index in [2.05, 4.69) is 25.9 Å². The molecule has 0 amide bonds. The Morgan fingerprint density at radius 3 is 2.26 bits per heavy atom. The molecule has 1 heterocycles. The monoisotopic (exact) mass is 267 g/mol. The standard InChI is InChI=1S/C16H29NO2/c1-13-4-8-16(9-5-13,17(2)3)15(18)12-14-6-10-19-11-7-14/h13-14H,4-12H2,1-3H3. The Morgan fingerprint density at radius 1 is 1.16 bits per heavy atom. The molecule has 0 aromatic carbocycles. The van der Waals surface area contributed by atoms with Crippen LogP contribution in [-0.4, -0.2) is 43.5 Å². The Labute approximate surface area is 117 Å². The van der Waals surface area contributed by atoms with E-state index in [1.54, 1.807) is 0 Å². The molecule has 0 atom stereocenters. The summed E-state index contributed by atoms with van der Waals surface area (Å²) in [5, 5.41) is 0. The lowest BCUT2D eigenvalue weighted by Gasteiger charge is -2.44. The Morgan fingerprint density at radius 2 is 1.74 bits per heavy atom. The molecule has 0 aromatic heterocycles.